The number of hydrogen-bond acceptors (Lipinski definition) is 3. The molecule has 20 heavy (non-hydrogen) atoms. The van der Waals surface area contributed by atoms with Crippen LogP contribution in [0.5, 0.6) is 5.75 Å². The van der Waals surface area contributed by atoms with Gasteiger partial charge in [-0.3, -0.25) is 4.79 Å². The molecule has 0 aliphatic heterocycles. The molecular weight excluding hydrogens is 277 g/mol. The van der Waals surface area contributed by atoms with Crippen molar-refractivity contribution in [3.05, 3.63) is 51.0 Å². The van der Waals surface area contributed by atoms with E-state index in [9.17, 15) is 14.3 Å². The largest absolute Gasteiger partial charge is 0.507 e. The van der Waals surface area contributed by atoms with Gasteiger partial charge in [-0.15, -0.1) is 11.3 Å². The molecule has 2 aromatic rings. The monoisotopic (exact) mass is 293 g/mol. The molecule has 1 amide bonds. The Labute approximate surface area is 121 Å². The number of benzene rings is 1. The fraction of sp³-hybridized carbons (Fsp3) is 0.267. The minimum absolute atomic E-state index is 0.0542. The Morgan fingerprint density at radius 3 is 2.65 bits per heavy atom. The SMILES string of the molecule is Cc1cc(C(C)NC(=O)c2cc(F)ccc2O)c(C)s1. The van der Waals surface area contributed by atoms with Crippen LogP contribution in [0, 0.1) is 19.7 Å². The van der Waals surface area contributed by atoms with Gasteiger partial charge in [0.2, 0.25) is 0 Å². The molecule has 1 heterocycles. The van der Waals surface area contributed by atoms with E-state index in [1.807, 2.05) is 26.8 Å². The molecule has 0 saturated heterocycles. The molecule has 1 unspecified atom stereocenters. The topological polar surface area (TPSA) is 49.3 Å². The van der Waals surface area contributed by atoms with Gasteiger partial charge in [0.1, 0.15) is 11.6 Å². The standard InChI is InChI=1S/C15H16FNO2S/c1-8-6-12(10(3)20-8)9(2)17-15(19)13-7-11(16)4-5-14(13)18/h4-7,9,18H,1-3H3,(H,17,19). The lowest BCUT2D eigenvalue weighted by Gasteiger charge is -2.14. The van der Waals surface area contributed by atoms with Crippen molar-refractivity contribution in [1.29, 1.82) is 0 Å². The van der Waals surface area contributed by atoms with Crippen molar-refractivity contribution < 1.29 is 14.3 Å². The van der Waals surface area contributed by atoms with Crippen molar-refractivity contribution >= 4 is 17.2 Å². The Bertz CT molecular complexity index is 651. The number of aryl methyl sites for hydroxylation is 2. The quantitative estimate of drug-likeness (QED) is 0.906. The maximum atomic E-state index is 13.1. The van der Waals surface area contributed by atoms with Gasteiger partial charge in [-0.05, 0) is 50.6 Å². The average molecular weight is 293 g/mol. The van der Waals surface area contributed by atoms with Crippen molar-refractivity contribution in [2.75, 3.05) is 0 Å². The maximum Gasteiger partial charge on any atom is 0.255 e. The minimum Gasteiger partial charge on any atom is -0.507 e. The minimum atomic E-state index is -0.553. The Morgan fingerprint density at radius 2 is 2.05 bits per heavy atom. The van der Waals surface area contributed by atoms with Crippen LogP contribution < -0.4 is 5.32 Å². The molecule has 2 N–H and O–H groups in total. The normalized spacial score (nSPS) is 12.2. The molecule has 3 nitrogen and oxygen atoms in total. The number of nitrogens with one attached hydrogen (secondary N) is 1. The predicted molar refractivity (Wildman–Crippen MR) is 77.7 cm³/mol. The third-order valence-electron chi connectivity index (χ3n) is 3.10. The molecule has 5 heteroatoms. The fourth-order valence-electron chi connectivity index (χ4n) is 2.12. The lowest BCUT2D eigenvalue weighted by molar-refractivity contribution is 0.0936. The lowest BCUT2D eigenvalue weighted by atomic mass is 10.1. The van der Waals surface area contributed by atoms with Crippen LogP contribution in [0.2, 0.25) is 0 Å². The van der Waals surface area contributed by atoms with Crippen LogP contribution >= 0.6 is 11.3 Å². The summed E-state index contributed by atoms with van der Waals surface area (Å²) in [5, 5.41) is 12.4. The van der Waals surface area contributed by atoms with Gasteiger partial charge >= 0.3 is 0 Å². The number of aromatic hydroxyl groups is 1. The van der Waals surface area contributed by atoms with Crippen molar-refractivity contribution in [2.45, 2.75) is 26.8 Å². The molecule has 0 bridgehead atoms. The summed E-state index contributed by atoms with van der Waals surface area (Å²) in [6, 6.07) is 5.14. The highest BCUT2D eigenvalue weighted by atomic mass is 32.1. The summed E-state index contributed by atoms with van der Waals surface area (Å²) < 4.78 is 13.1. The number of carbonyl (C=O) groups is 1. The first kappa shape index (κ1) is 14.5. The molecule has 1 atom stereocenters. The molecule has 1 aromatic carbocycles. The predicted octanol–water partition coefficient (Wildman–Crippen LogP) is 3.70. The van der Waals surface area contributed by atoms with Gasteiger partial charge in [-0.25, -0.2) is 4.39 Å². The maximum absolute atomic E-state index is 13.1. The van der Waals surface area contributed by atoms with E-state index in [2.05, 4.69) is 5.32 Å². The van der Waals surface area contributed by atoms with Crippen molar-refractivity contribution in [3.63, 3.8) is 0 Å². The zero-order valence-corrected chi connectivity index (χ0v) is 12.3. The highest BCUT2D eigenvalue weighted by Crippen LogP contribution is 2.27. The third kappa shape index (κ3) is 2.99. The number of phenols is 1. The number of phenolic OH excluding ortho intramolecular Hbond substituents is 1. The first-order chi connectivity index (χ1) is 9.38. The number of rotatable bonds is 3. The van der Waals surface area contributed by atoms with Crippen molar-refractivity contribution in [1.82, 2.24) is 5.32 Å². The van der Waals surface area contributed by atoms with Gasteiger partial charge in [0, 0.05) is 9.75 Å². The molecule has 0 aliphatic rings. The molecule has 0 saturated carbocycles. The third-order valence-corrected chi connectivity index (χ3v) is 4.08. The van der Waals surface area contributed by atoms with Gasteiger partial charge in [-0.1, -0.05) is 0 Å². The number of halogens is 1. The van der Waals surface area contributed by atoms with Gasteiger partial charge < -0.3 is 10.4 Å². The van der Waals surface area contributed by atoms with E-state index in [0.717, 1.165) is 22.6 Å². The molecule has 106 valence electrons. The van der Waals surface area contributed by atoms with Gasteiger partial charge in [0.15, 0.2) is 0 Å². The Kier molecular flexibility index (Phi) is 4.09. The molecular formula is C15H16FNO2S. The molecule has 0 fully saturated rings. The summed E-state index contributed by atoms with van der Waals surface area (Å²) in [5.74, 6) is -1.27. The Hall–Kier alpha value is -1.88. The second-order valence-electron chi connectivity index (χ2n) is 4.73. The van der Waals surface area contributed by atoms with Crippen LogP contribution in [0.4, 0.5) is 4.39 Å². The molecule has 2 rings (SSSR count). The fourth-order valence-corrected chi connectivity index (χ4v) is 3.15. The van der Waals surface area contributed by atoms with Crippen LogP contribution in [0.15, 0.2) is 24.3 Å². The van der Waals surface area contributed by atoms with E-state index in [0.29, 0.717) is 0 Å². The summed E-state index contributed by atoms with van der Waals surface area (Å²) in [4.78, 5) is 14.4. The smallest absolute Gasteiger partial charge is 0.255 e. The van der Waals surface area contributed by atoms with Crippen LogP contribution in [-0.4, -0.2) is 11.0 Å². The van der Waals surface area contributed by atoms with E-state index < -0.39 is 11.7 Å². The van der Waals surface area contributed by atoms with Crippen LogP contribution in [-0.2, 0) is 0 Å². The van der Waals surface area contributed by atoms with Crippen LogP contribution in [0.3, 0.4) is 0 Å². The summed E-state index contributed by atoms with van der Waals surface area (Å²) in [5.41, 5.74) is 0.984. The van der Waals surface area contributed by atoms with Gasteiger partial charge in [0.05, 0.1) is 11.6 Å². The highest BCUT2D eigenvalue weighted by Gasteiger charge is 2.17. The van der Waals surface area contributed by atoms with E-state index in [4.69, 9.17) is 0 Å². The van der Waals surface area contributed by atoms with Crippen LogP contribution in [0.1, 0.15) is 38.6 Å². The van der Waals surface area contributed by atoms with Crippen LogP contribution in [0.25, 0.3) is 0 Å². The molecule has 0 spiro atoms. The number of carbonyl (C=O) groups excluding carboxylic acids is 1. The number of hydrogen-bond donors (Lipinski definition) is 2. The van der Waals surface area contributed by atoms with Crippen molar-refractivity contribution in [2.24, 2.45) is 0 Å². The summed E-state index contributed by atoms with van der Waals surface area (Å²) >= 11 is 1.67. The van der Waals surface area contributed by atoms with E-state index in [1.54, 1.807) is 11.3 Å². The number of amides is 1. The summed E-state index contributed by atoms with van der Waals surface area (Å²) in [6.45, 7) is 5.87. The molecule has 0 radical (unpaired) electrons. The first-order valence-corrected chi connectivity index (χ1v) is 7.06. The van der Waals surface area contributed by atoms with E-state index in [-0.39, 0.29) is 17.4 Å². The lowest BCUT2D eigenvalue weighted by Crippen LogP contribution is -2.26. The highest BCUT2D eigenvalue weighted by molar-refractivity contribution is 7.12. The van der Waals surface area contributed by atoms with E-state index in [1.165, 1.54) is 10.9 Å². The molecule has 1 aromatic heterocycles. The van der Waals surface area contributed by atoms with Crippen molar-refractivity contribution in [3.8, 4) is 5.75 Å². The number of thiophene rings is 1. The Balaban J connectivity index is 2.19. The summed E-state index contributed by atoms with van der Waals surface area (Å²) in [7, 11) is 0. The summed E-state index contributed by atoms with van der Waals surface area (Å²) in [6.07, 6.45) is 0. The van der Waals surface area contributed by atoms with Gasteiger partial charge in [0.25, 0.3) is 5.91 Å². The van der Waals surface area contributed by atoms with E-state index >= 15 is 0 Å². The van der Waals surface area contributed by atoms with Gasteiger partial charge in [-0.2, -0.15) is 0 Å². The zero-order chi connectivity index (χ0) is 14.9. The first-order valence-electron chi connectivity index (χ1n) is 6.25. The Morgan fingerprint density at radius 1 is 1.35 bits per heavy atom. The molecule has 0 aliphatic carbocycles. The second kappa shape index (κ2) is 5.63. The second-order valence-corrected chi connectivity index (χ2v) is 6.19. The average Bonchev–Trinajstić information content (AvgIpc) is 2.71. The zero-order valence-electron chi connectivity index (χ0n) is 11.5.